The van der Waals surface area contributed by atoms with E-state index in [2.05, 4.69) is 29.2 Å². The van der Waals surface area contributed by atoms with Crippen LogP contribution in [0.5, 0.6) is 5.75 Å². The first-order valence-corrected chi connectivity index (χ1v) is 7.01. The van der Waals surface area contributed by atoms with Crippen molar-refractivity contribution < 1.29 is 5.11 Å². The molecule has 1 aliphatic carbocycles. The zero-order valence-corrected chi connectivity index (χ0v) is 11.6. The molecule has 3 nitrogen and oxygen atoms in total. The third-order valence-corrected chi connectivity index (χ3v) is 4.15. The van der Waals surface area contributed by atoms with Gasteiger partial charge in [-0.3, -0.25) is 4.90 Å². The minimum Gasteiger partial charge on any atom is -0.508 e. The Morgan fingerprint density at radius 1 is 1.25 bits per heavy atom. The van der Waals surface area contributed by atoms with E-state index in [1.165, 1.54) is 10.9 Å². The number of aromatic amines is 1. The Kier molecular flexibility index (Phi) is 3.36. The molecule has 0 amide bonds. The lowest BCUT2D eigenvalue weighted by Gasteiger charge is -2.33. The fraction of sp³-hybridized carbons (Fsp3) is 0.294. The second-order valence-electron chi connectivity index (χ2n) is 5.39. The van der Waals surface area contributed by atoms with Crippen molar-refractivity contribution >= 4 is 10.9 Å². The van der Waals surface area contributed by atoms with Crippen molar-refractivity contribution in [2.45, 2.75) is 18.9 Å². The Balaban J connectivity index is 1.99. The standard InChI is InChI=1S/C17H20N2O/c1-3-7-19(8-4-2)13-9-12-11-18-15-5-6-16(20)14(10-13)17(12)15/h3-6,11,13,18,20H,1-2,7-10H2. The van der Waals surface area contributed by atoms with E-state index < -0.39 is 0 Å². The highest BCUT2D eigenvalue weighted by Crippen LogP contribution is 2.36. The van der Waals surface area contributed by atoms with Gasteiger partial charge in [-0.25, -0.2) is 0 Å². The van der Waals surface area contributed by atoms with Crippen LogP contribution in [0.3, 0.4) is 0 Å². The SMILES string of the molecule is C=CCN(CC=C)C1Cc2c[nH]c3ccc(O)c(c23)C1. The number of phenolic OH excluding ortho intramolecular Hbond substituents is 1. The van der Waals surface area contributed by atoms with Crippen LogP contribution in [0.4, 0.5) is 0 Å². The number of aromatic hydroxyl groups is 1. The molecule has 2 aromatic rings. The van der Waals surface area contributed by atoms with Gasteiger partial charge in [-0.15, -0.1) is 13.2 Å². The maximum atomic E-state index is 10.2. The first-order valence-electron chi connectivity index (χ1n) is 7.01. The molecule has 0 bridgehead atoms. The second-order valence-corrected chi connectivity index (χ2v) is 5.39. The topological polar surface area (TPSA) is 39.3 Å². The third-order valence-electron chi connectivity index (χ3n) is 4.15. The highest BCUT2D eigenvalue weighted by molar-refractivity contribution is 5.89. The third kappa shape index (κ3) is 2.04. The number of benzene rings is 1. The van der Waals surface area contributed by atoms with Crippen molar-refractivity contribution in [2.24, 2.45) is 0 Å². The van der Waals surface area contributed by atoms with E-state index in [1.807, 2.05) is 18.2 Å². The van der Waals surface area contributed by atoms with Crippen LogP contribution in [0, 0.1) is 0 Å². The minimum absolute atomic E-state index is 0.380. The van der Waals surface area contributed by atoms with E-state index in [1.54, 1.807) is 6.07 Å². The van der Waals surface area contributed by atoms with Gasteiger partial charge in [0.25, 0.3) is 0 Å². The van der Waals surface area contributed by atoms with Crippen LogP contribution < -0.4 is 0 Å². The number of hydrogen-bond acceptors (Lipinski definition) is 2. The lowest BCUT2D eigenvalue weighted by atomic mass is 9.87. The molecule has 0 saturated heterocycles. The summed E-state index contributed by atoms with van der Waals surface area (Å²) < 4.78 is 0. The molecule has 0 spiro atoms. The van der Waals surface area contributed by atoms with Gasteiger partial charge in [-0.1, -0.05) is 12.2 Å². The summed E-state index contributed by atoms with van der Waals surface area (Å²) in [6.07, 6.45) is 7.79. The molecule has 2 N–H and O–H groups in total. The fourth-order valence-corrected chi connectivity index (χ4v) is 3.25. The zero-order valence-electron chi connectivity index (χ0n) is 11.6. The molecule has 1 unspecified atom stereocenters. The molecule has 1 aliphatic rings. The molecular weight excluding hydrogens is 248 g/mol. The molecule has 3 rings (SSSR count). The first-order chi connectivity index (χ1) is 9.74. The highest BCUT2D eigenvalue weighted by atomic mass is 16.3. The first kappa shape index (κ1) is 13.0. The van der Waals surface area contributed by atoms with Gasteiger partial charge in [-0.05, 0) is 30.5 Å². The zero-order chi connectivity index (χ0) is 14.1. The Bertz CT molecular complexity index is 646. The van der Waals surface area contributed by atoms with Crippen LogP contribution in [-0.4, -0.2) is 34.1 Å². The Morgan fingerprint density at radius 3 is 2.70 bits per heavy atom. The van der Waals surface area contributed by atoms with Crippen molar-refractivity contribution in [1.29, 1.82) is 0 Å². The molecule has 3 heteroatoms. The van der Waals surface area contributed by atoms with Crippen LogP contribution in [0.25, 0.3) is 10.9 Å². The molecule has 1 aromatic carbocycles. The molecule has 104 valence electrons. The summed E-state index contributed by atoms with van der Waals surface area (Å²) in [6, 6.07) is 4.11. The van der Waals surface area contributed by atoms with Gasteiger partial charge in [0, 0.05) is 41.8 Å². The predicted molar refractivity (Wildman–Crippen MR) is 83.1 cm³/mol. The number of nitrogens with one attached hydrogen (secondary N) is 1. The van der Waals surface area contributed by atoms with Crippen molar-refractivity contribution in [1.82, 2.24) is 9.88 Å². The number of rotatable bonds is 5. The second kappa shape index (κ2) is 5.17. The smallest absolute Gasteiger partial charge is 0.119 e. The van der Waals surface area contributed by atoms with Gasteiger partial charge in [0.15, 0.2) is 0 Å². The summed E-state index contributed by atoms with van der Waals surface area (Å²) >= 11 is 0. The van der Waals surface area contributed by atoms with E-state index in [0.29, 0.717) is 11.8 Å². The average molecular weight is 268 g/mol. The van der Waals surface area contributed by atoms with E-state index >= 15 is 0 Å². The molecule has 1 atom stereocenters. The van der Waals surface area contributed by atoms with E-state index in [9.17, 15) is 5.11 Å². The summed E-state index contributed by atoms with van der Waals surface area (Å²) in [5, 5.41) is 11.4. The molecule has 0 radical (unpaired) electrons. The summed E-state index contributed by atoms with van der Waals surface area (Å²) in [5.74, 6) is 0.403. The van der Waals surface area contributed by atoms with Crippen molar-refractivity contribution in [3.8, 4) is 5.75 Å². The van der Waals surface area contributed by atoms with E-state index in [-0.39, 0.29) is 0 Å². The van der Waals surface area contributed by atoms with Crippen molar-refractivity contribution in [3.63, 3.8) is 0 Å². The Morgan fingerprint density at radius 2 is 2.00 bits per heavy atom. The van der Waals surface area contributed by atoms with Gasteiger partial charge in [0.05, 0.1) is 0 Å². The van der Waals surface area contributed by atoms with Crippen LogP contribution in [0.15, 0.2) is 43.6 Å². The number of phenols is 1. The maximum absolute atomic E-state index is 10.2. The number of aromatic nitrogens is 1. The Labute approximate surface area is 119 Å². The normalized spacial score (nSPS) is 17.6. The number of nitrogens with zero attached hydrogens (tertiary/aromatic N) is 1. The van der Waals surface area contributed by atoms with Crippen LogP contribution in [-0.2, 0) is 12.8 Å². The quantitative estimate of drug-likeness (QED) is 0.818. The monoisotopic (exact) mass is 268 g/mol. The van der Waals surface area contributed by atoms with E-state index in [0.717, 1.165) is 37.0 Å². The molecule has 1 aromatic heterocycles. The van der Waals surface area contributed by atoms with Gasteiger partial charge < -0.3 is 10.1 Å². The highest BCUT2D eigenvalue weighted by Gasteiger charge is 2.27. The Hall–Kier alpha value is -2.00. The average Bonchev–Trinajstić information content (AvgIpc) is 2.86. The summed E-state index contributed by atoms with van der Waals surface area (Å²) in [7, 11) is 0. The molecule has 0 aliphatic heterocycles. The van der Waals surface area contributed by atoms with Gasteiger partial charge in [-0.2, -0.15) is 0 Å². The largest absolute Gasteiger partial charge is 0.508 e. The minimum atomic E-state index is 0.380. The van der Waals surface area contributed by atoms with Crippen LogP contribution >= 0.6 is 0 Å². The number of H-pyrrole nitrogens is 1. The lowest BCUT2D eigenvalue weighted by molar-refractivity contribution is 0.233. The van der Waals surface area contributed by atoms with E-state index in [4.69, 9.17) is 0 Å². The molecular formula is C17H20N2O. The molecule has 20 heavy (non-hydrogen) atoms. The predicted octanol–water partition coefficient (Wildman–Crippen LogP) is 3.01. The summed E-state index contributed by atoms with van der Waals surface area (Å²) in [6.45, 7) is 9.35. The summed E-state index contributed by atoms with van der Waals surface area (Å²) in [4.78, 5) is 5.66. The lowest BCUT2D eigenvalue weighted by Crippen LogP contribution is -2.40. The van der Waals surface area contributed by atoms with Crippen molar-refractivity contribution in [3.05, 3.63) is 54.8 Å². The number of hydrogen-bond donors (Lipinski definition) is 2. The van der Waals surface area contributed by atoms with Crippen molar-refractivity contribution in [2.75, 3.05) is 13.1 Å². The van der Waals surface area contributed by atoms with Gasteiger partial charge >= 0.3 is 0 Å². The summed E-state index contributed by atoms with van der Waals surface area (Å²) in [5.41, 5.74) is 3.47. The van der Waals surface area contributed by atoms with Crippen LogP contribution in [0.2, 0.25) is 0 Å². The van der Waals surface area contributed by atoms with Gasteiger partial charge in [0.2, 0.25) is 0 Å². The molecule has 1 heterocycles. The van der Waals surface area contributed by atoms with Crippen LogP contribution in [0.1, 0.15) is 11.1 Å². The van der Waals surface area contributed by atoms with Gasteiger partial charge in [0.1, 0.15) is 5.75 Å². The molecule has 0 fully saturated rings. The molecule has 0 saturated carbocycles. The fourth-order valence-electron chi connectivity index (χ4n) is 3.25. The maximum Gasteiger partial charge on any atom is 0.119 e.